The van der Waals surface area contributed by atoms with Crippen molar-refractivity contribution < 1.29 is 23.8 Å². The van der Waals surface area contributed by atoms with Gasteiger partial charge in [-0.25, -0.2) is 9.18 Å². The van der Waals surface area contributed by atoms with Gasteiger partial charge in [0.25, 0.3) is 0 Å². The van der Waals surface area contributed by atoms with Crippen LogP contribution in [0.25, 0.3) is 11.6 Å². The molecule has 0 heterocycles. The van der Waals surface area contributed by atoms with Crippen molar-refractivity contribution in [2.75, 3.05) is 6.61 Å². The maximum atomic E-state index is 13.6. The van der Waals surface area contributed by atoms with Crippen molar-refractivity contribution in [2.24, 2.45) is 0 Å². The van der Waals surface area contributed by atoms with Gasteiger partial charge in [-0.15, -0.1) is 0 Å². The van der Waals surface area contributed by atoms with E-state index >= 15 is 0 Å². The number of benzene rings is 3. The van der Waals surface area contributed by atoms with Crippen molar-refractivity contribution in [1.29, 1.82) is 5.26 Å². The number of nitrogens with zero attached hydrogens (tertiary/aromatic N) is 1. The molecule has 3 aromatic carbocycles. The van der Waals surface area contributed by atoms with Crippen LogP contribution in [0.5, 0.6) is 11.5 Å². The van der Waals surface area contributed by atoms with E-state index in [-0.39, 0.29) is 22.8 Å². The van der Waals surface area contributed by atoms with Crippen LogP contribution in [0, 0.1) is 17.1 Å². The van der Waals surface area contributed by atoms with Crippen LogP contribution in [0.1, 0.15) is 34.0 Å². The number of carboxylic acid groups (broad SMARTS) is 1. The van der Waals surface area contributed by atoms with Gasteiger partial charge in [-0.1, -0.05) is 35.9 Å². The normalized spacial score (nSPS) is 11.0. The topological polar surface area (TPSA) is 79.5 Å². The quantitative estimate of drug-likeness (QED) is 0.325. The first-order chi connectivity index (χ1) is 15.4. The number of nitriles is 1. The molecule has 3 aromatic rings. The maximum Gasteiger partial charge on any atom is 0.335 e. The van der Waals surface area contributed by atoms with Gasteiger partial charge in [0.05, 0.1) is 28.8 Å². The highest BCUT2D eigenvalue weighted by Crippen LogP contribution is 2.38. The molecule has 0 aliphatic heterocycles. The van der Waals surface area contributed by atoms with Crippen molar-refractivity contribution in [3.05, 3.63) is 93.8 Å². The standard InChI is InChI=1S/C25H19ClFNO4/c1-2-31-23-12-17(10-20(14-28)18-6-4-8-21(27)13-18)11-22(26)24(23)32-15-16-5-3-7-19(9-16)25(29)30/h3-13H,2,15H2,1H3,(H,29,30)/b20-10-. The molecule has 5 nitrogen and oxygen atoms in total. The number of allylic oxidation sites excluding steroid dienone is 1. The summed E-state index contributed by atoms with van der Waals surface area (Å²) in [5.74, 6) is -0.789. The Bertz CT molecular complexity index is 1220. The molecule has 0 fully saturated rings. The molecular weight excluding hydrogens is 433 g/mol. The van der Waals surface area contributed by atoms with Crippen molar-refractivity contribution in [1.82, 2.24) is 0 Å². The summed E-state index contributed by atoms with van der Waals surface area (Å²) in [7, 11) is 0. The molecule has 3 rings (SSSR count). The Morgan fingerprint density at radius 2 is 1.88 bits per heavy atom. The molecule has 0 amide bonds. The van der Waals surface area contributed by atoms with Gasteiger partial charge in [0.2, 0.25) is 0 Å². The second-order valence-electron chi connectivity index (χ2n) is 6.74. The maximum absolute atomic E-state index is 13.6. The van der Waals surface area contributed by atoms with Gasteiger partial charge in [-0.2, -0.15) is 5.26 Å². The third-order valence-corrected chi connectivity index (χ3v) is 4.74. The van der Waals surface area contributed by atoms with Gasteiger partial charge in [0, 0.05) is 0 Å². The monoisotopic (exact) mass is 451 g/mol. The third-order valence-electron chi connectivity index (χ3n) is 4.46. The zero-order valence-corrected chi connectivity index (χ0v) is 17.9. The number of hydrogen-bond acceptors (Lipinski definition) is 4. The lowest BCUT2D eigenvalue weighted by atomic mass is 10.0. The molecule has 162 valence electrons. The Kier molecular flexibility index (Phi) is 7.48. The van der Waals surface area contributed by atoms with E-state index in [1.54, 1.807) is 36.4 Å². The molecule has 0 aliphatic carbocycles. The molecule has 0 atom stereocenters. The predicted octanol–water partition coefficient (Wildman–Crippen LogP) is 6.22. The van der Waals surface area contributed by atoms with E-state index in [0.29, 0.717) is 34.8 Å². The molecule has 0 saturated heterocycles. The van der Waals surface area contributed by atoms with E-state index in [0.717, 1.165) is 0 Å². The summed E-state index contributed by atoms with van der Waals surface area (Å²) >= 11 is 6.44. The van der Waals surface area contributed by atoms with Crippen LogP contribution in [0.4, 0.5) is 4.39 Å². The first-order valence-corrected chi connectivity index (χ1v) is 10.1. The smallest absolute Gasteiger partial charge is 0.335 e. The number of halogens is 2. The van der Waals surface area contributed by atoms with Crippen LogP contribution < -0.4 is 9.47 Å². The van der Waals surface area contributed by atoms with Crippen LogP contribution in [0.2, 0.25) is 5.02 Å². The van der Waals surface area contributed by atoms with Crippen molar-refractivity contribution in [2.45, 2.75) is 13.5 Å². The molecule has 0 saturated carbocycles. The van der Waals surface area contributed by atoms with Gasteiger partial charge >= 0.3 is 5.97 Å². The van der Waals surface area contributed by atoms with E-state index in [2.05, 4.69) is 6.07 Å². The minimum absolute atomic E-state index is 0.0861. The molecule has 1 N–H and O–H groups in total. The van der Waals surface area contributed by atoms with Crippen molar-refractivity contribution in [3.63, 3.8) is 0 Å². The van der Waals surface area contributed by atoms with Gasteiger partial charge in [0.15, 0.2) is 11.5 Å². The lowest BCUT2D eigenvalue weighted by molar-refractivity contribution is 0.0696. The fourth-order valence-electron chi connectivity index (χ4n) is 3.03. The molecular formula is C25H19ClFNO4. The highest BCUT2D eigenvalue weighted by atomic mass is 35.5. The Morgan fingerprint density at radius 1 is 1.12 bits per heavy atom. The molecule has 0 spiro atoms. The van der Waals surface area contributed by atoms with Gasteiger partial charge in [0.1, 0.15) is 12.4 Å². The van der Waals surface area contributed by atoms with E-state index in [1.807, 2.05) is 6.92 Å². The highest BCUT2D eigenvalue weighted by molar-refractivity contribution is 6.32. The third kappa shape index (κ3) is 5.65. The number of aromatic carboxylic acids is 1. The van der Waals surface area contributed by atoms with E-state index < -0.39 is 11.8 Å². The minimum atomic E-state index is -1.03. The number of ether oxygens (including phenoxy) is 2. The van der Waals surface area contributed by atoms with Crippen LogP contribution >= 0.6 is 11.6 Å². The molecule has 0 bridgehead atoms. The lowest BCUT2D eigenvalue weighted by Crippen LogP contribution is -2.02. The van der Waals surface area contributed by atoms with Crippen LogP contribution in [0.15, 0.2) is 60.7 Å². The van der Waals surface area contributed by atoms with Crippen LogP contribution in [0.3, 0.4) is 0 Å². The summed E-state index contributed by atoms with van der Waals surface area (Å²) in [6, 6.07) is 17.5. The molecule has 0 aromatic heterocycles. The van der Waals surface area contributed by atoms with Crippen molar-refractivity contribution >= 4 is 29.2 Å². The fourth-order valence-corrected chi connectivity index (χ4v) is 3.30. The Labute approximate surface area is 189 Å². The summed E-state index contributed by atoms with van der Waals surface area (Å²) in [5, 5.41) is 18.9. The van der Waals surface area contributed by atoms with Gasteiger partial charge in [-0.05, 0) is 66.1 Å². The molecule has 7 heteroatoms. The largest absolute Gasteiger partial charge is 0.490 e. The minimum Gasteiger partial charge on any atom is -0.490 e. The molecule has 0 unspecified atom stereocenters. The Hall–Kier alpha value is -3.82. The summed E-state index contributed by atoms with van der Waals surface area (Å²) in [6.45, 7) is 2.25. The Morgan fingerprint density at radius 3 is 2.56 bits per heavy atom. The zero-order chi connectivity index (χ0) is 23.1. The van der Waals surface area contributed by atoms with Crippen molar-refractivity contribution in [3.8, 4) is 17.6 Å². The van der Waals surface area contributed by atoms with Crippen LogP contribution in [-0.2, 0) is 6.61 Å². The number of carboxylic acids is 1. The molecule has 32 heavy (non-hydrogen) atoms. The predicted molar refractivity (Wildman–Crippen MR) is 120 cm³/mol. The first-order valence-electron chi connectivity index (χ1n) is 9.70. The second kappa shape index (κ2) is 10.5. The number of carbonyl (C=O) groups is 1. The fraction of sp³-hybridized carbons (Fsp3) is 0.120. The van der Waals surface area contributed by atoms with Crippen LogP contribution in [-0.4, -0.2) is 17.7 Å². The summed E-state index contributed by atoms with van der Waals surface area (Å²) < 4.78 is 25.1. The Balaban J connectivity index is 1.91. The average Bonchev–Trinajstić information content (AvgIpc) is 2.77. The second-order valence-corrected chi connectivity index (χ2v) is 7.14. The van der Waals surface area contributed by atoms with E-state index in [9.17, 15) is 14.4 Å². The van der Waals surface area contributed by atoms with E-state index in [4.69, 9.17) is 26.2 Å². The SMILES string of the molecule is CCOc1cc(/C=C(/C#N)c2cccc(F)c2)cc(Cl)c1OCc1cccc(C(=O)O)c1. The summed E-state index contributed by atoms with van der Waals surface area (Å²) in [6.07, 6.45) is 1.59. The van der Waals surface area contributed by atoms with E-state index in [1.165, 1.54) is 30.3 Å². The number of rotatable bonds is 8. The molecule has 0 aliphatic rings. The van der Waals surface area contributed by atoms with Gasteiger partial charge < -0.3 is 14.6 Å². The molecule has 0 radical (unpaired) electrons. The van der Waals surface area contributed by atoms with Gasteiger partial charge in [-0.3, -0.25) is 0 Å². The lowest BCUT2D eigenvalue weighted by Gasteiger charge is -2.15. The highest BCUT2D eigenvalue weighted by Gasteiger charge is 2.14. The average molecular weight is 452 g/mol. The number of hydrogen-bond donors (Lipinski definition) is 1. The first kappa shape index (κ1) is 22.9. The summed E-state index contributed by atoms with van der Waals surface area (Å²) in [4.78, 5) is 11.2. The zero-order valence-electron chi connectivity index (χ0n) is 17.1. The summed E-state index contributed by atoms with van der Waals surface area (Å²) in [5.41, 5.74) is 2.11.